The smallest absolute Gasteiger partial charge is 0.408 e. The van der Waals surface area contributed by atoms with E-state index in [1.807, 2.05) is 0 Å². The van der Waals surface area contributed by atoms with Gasteiger partial charge in [0, 0.05) is 0 Å². The lowest BCUT2D eigenvalue weighted by atomic mass is 10.1. The number of halogens is 1. The zero-order valence-corrected chi connectivity index (χ0v) is 12.4. The van der Waals surface area contributed by atoms with Gasteiger partial charge in [-0.3, -0.25) is 0 Å². The topological polar surface area (TPSA) is 88.5 Å². The first-order valence-electron chi connectivity index (χ1n) is 6.53. The number of pyridine rings is 1. The number of carbonyl (C=O) groups excluding carboxylic acids is 1. The number of carboxylic acid groups (broad SMARTS) is 1. The minimum absolute atomic E-state index is 0.122. The van der Waals surface area contributed by atoms with E-state index in [0.29, 0.717) is 6.42 Å². The predicted octanol–water partition coefficient (Wildman–Crippen LogP) is 2.89. The van der Waals surface area contributed by atoms with Crippen LogP contribution in [0.2, 0.25) is 0 Å². The number of aromatic carboxylic acids is 1. The van der Waals surface area contributed by atoms with E-state index in [9.17, 15) is 14.0 Å². The van der Waals surface area contributed by atoms with E-state index in [-0.39, 0.29) is 11.4 Å². The summed E-state index contributed by atoms with van der Waals surface area (Å²) in [6, 6.07) is 1.33. The van der Waals surface area contributed by atoms with Gasteiger partial charge in [-0.2, -0.15) is 0 Å². The monoisotopic (exact) mass is 298 g/mol. The van der Waals surface area contributed by atoms with Gasteiger partial charge in [0.25, 0.3) is 0 Å². The lowest BCUT2D eigenvalue weighted by Crippen LogP contribution is -2.35. The number of carboxylic acids is 1. The van der Waals surface area contributed by atoms with Crippen LogP contribution in [0.15, 0.2) is 12.1 Å². The van der Waals surface area contributed by atoms with Crippen molar-refractivity contribution in [3.05, 3.63) is 29.3 Å². The number of ether oxygens (including phenoxy) is 1. The van der Waals surface area contributed by atoms with Crippen molar-refractivity contribution in [2.75, 3.05) is 0 Å². The number of hydrogen-bond donors (Lipinski definition) is 2. The second-order valence-corrected chi connectivity index (χ2v) is 5.48. The summed E-state index contributed by atoms with van der Waals surface area (Å²) in [5.74, 6) is -1.94. The summed E-state index contributed by atoms with van der Waals surface area (Å²) in [5, 5.41) is 11.4. The minimum Gasteiger partial charge on any atom is -0.477 e. The highest BCUT2D eigenvalue weighted by atomic mass is 19.1. The molecule has 1 atom stereocenters. The van der Waals surface area contributed by atoms with Crippen LogP contribution in [-0.2, 0) is 4.74 Å². The zero-order chi connectivity index (χ0) is 16.2. The largest absolute Gasteiger partial charge is 0.477 e. The Hall–Kier alpha value is -2.18. The first-order valence-corrected chi connectivity index (χ1v) is 6.53. The summed E-state index contributed by atoms with van der Waals surface area (Å²) >= 11 is 0. The van der Waals surface area contributed by atoms with Crippen molar-refractivity contribution in [3.63, 3.8) is 0 Å². The molecule has 1 aromatic rings. The van der Waals surface area contributed by atoms with Crippen molar-refractivity contribution in [1.29, 1.82) is 0 Å². The molecule has 1 rings (SSSR count). The zero-order valence-electron chi connectivity index (χ0n) is 12.4. The SMILES string of the molecule is CCC(NC(=O)OC(C)(C)C)c1nc(C(=O)O)ccc1F. The Morgan fingerprint density at radius 2 is 2.05 bits per heavy atom. The van der Waals surface area contributed by atoms with Crippen LogP contribution in [0.4, 0.5) is 9.18 Å². The number of alkyl carbamates (subject to hydrolysis) is 1. The third kappa shape index (κ3) is 5.02. The van der Waals surface area contributed by atoms with E-state index in [4.69, 9.17) is 9.84 Å². The first-order chi connectivity index (χ1) is 9.64. The molecule has 0 aliphatic rings. The summed E-state index contributed by atoms with van der Waals surface area (Å²) in [4.78, 5) is 26.4. The number of rotatable bonds is 4. The molecular formula is C14H19FN2O4. The van der Waals surface area contributed by atoms with Crippen molar-refractivity contribution >= 4 is 12.1 Å². The molecule has 7 heteroatoms. The third-order valence-electron chi connectivity index (χ3n) is 2.52. The maximum atomic E-state index is 13.8. The van der Waals surface area contributed by atoms with Crippen LogP contribution in [0.25, 0.3) is 0 Å². The molecule has 0 aliphatic heterocycles. The van der Waals surface area contributed by atoms with Crippen LogP contribution in [-0.4, -0.2) is 27.8 Å². The number of nitrogens with one attached hydrogen (secondary N) is 1. The summed E-state index contributed by atoms with van der Waals surface area (Å²) in [7, 11) is 0. The number of nitrogens with zero attached hydrogens (tertiary/aromatic N) is 1. The molecular weight excluding hydrogens is 279 g/mol. The van der Waals surface area contributed by atoms with Gasteiger partial charge < -0.3 is 15.2 Å². The second-order valence-electron chi connectivity index (χ2n) is 5.48. The Morgan fingerprint density at radius 3 is 2.52 bits per heavy atom. The normalized spacial score (nSPS) is 12.6. The summed E-state index contributed by atoms with van der Waals surface area (Å²) in [5.41, 5.74) is -1.09. The molecule has 1 amide bonds. The van der Waals surface area contributed by atoms with E-state index in [0.717, 1.165) is 12.1 Å². The highest BCUT2D eigenvalue weighted by Gasteiger charge is 2.23. The van der Waals surface area contributed by atoms with E-state index in [2.05, 4.69) is 10.3 Å². The Bertz CT molecular complexity index is 540. The number of carbonyl (C=O) groups is 2. The molecule has 21 heavy (non-hydrogen) atoms. The molecule has 0 saturated heterocycles. The van der Waals surface area contributed by atoms with Gasteiger partial charge in [-0.25, -0.2) is 19.0 Å². The maximum Gasteiger partial charge on any atom is 0.408 e. The van der Waals surface area contributed by atoms with Gasteiger partial charge in [0.05, 0.1) is 11.7 Å². The van der Waals surface area contributed by atoms with Gasteiger partial charge in [0.2, 0.25) is 0 Å². The average molecular weight is 298 g/mol. The Morgan fingerprint density at radius 1 is 1.43 bits per heavy atom. The van der Waals surface area contributed by atoms with E-state index in [1.165, 1.54) is 0 Å². The molecule has 116 valence electrons. The van der Waals surface area contributed by atoms with Crippen LogP contribution >= 0.6 is 0 Å². The fourth-order valence-electron chi connectivity index (χ4n) is 1.63. The lowest BCUT2D eigenvalue weighted by molar-refractivity contribution is 0.0500. The van der Waals surface area contributed by atoms with Crippen LogP contribution in [0.3, 0.4) is 0 Å². The fraction of sp³-hybridized carbons (Fsp3) is 0.500. The van der Waals surface area contributed by atoms with Gasteiger partial charge >= 0.3 is 12.1 Å². The van der Waals surface area contributed by atoms with Crippen molar-refractivity contribution in [3.8, 4) is 0 Å². The highest BCUT2D eigenvalue weighted by Crippen LogP contribution is 2.19. The molecule has 6 nitrogen and oxygen atoms in total. The lowest BCUT2D eigenvalue weighted by Gasteiger charge is -2.23. The number of hydrogen-bond acceptors (Lipinski definition) is 4. The van der Waals surface area contributed by atoms with E-state index < -0.39 is 29.5 Å². The summed E-state index contributed by atoms with van der Waals surface area (Å²) in [6.45, 7) is 6.84. The van der Waals surface area contributed by atoms with Crippen LogP contribution in [0, 0.1) is 5.82 Å². The number of amides is 1. The number of aromatic nitrogens is 1. The Balaban J connectivity index is 2.97. The molecule has 1 unspecified atom stereocenters. The van der Waals surface area contributed by atoms with E-state index in [1.54, 1.807) is 27.7 Å². The minimum atomic E-state index is -1.26. The average Bonchev–Trinajstić information content (AvgIpc) is 2.34. The third-order valence-corrected chi connectivity index (χ3v) is 2.52. The van der Waals surface area contributed by atoms with Crippen molar-refractivity contribution in [2.45, 2.75) is 45.8 Å². The second kappa shape index (κ2) is 6.51. The maximum absolute atomic E-state index is 13.8. The molecule has 0 spiro atoms. The molecule has 1 aromatic heterocycles. The fourth-order valence-corrected chi connectivity index (χ4v) is 1.63. The van der Waals surface area contributed by atoms with Gasteiger partial charge in [-0.05, 0) is 39.3 Å². The van der Waals surface area contributed by atoms with Gasteiger partial charge in [0.1, 0.15) is 17.1 Å². The van der Waals surface area contributed by atoms with Crippen molar-refractivity contribution in [1.82, 2.24) is 10.3 Å². The predicted molar refractivity (Wildman–Crippen MR) is 73.6 cm³/mol. The van der Waals surface area contributed by atoms with Crippen LogP contribution in [0.1, 0.15) is 56.3 Å². The molecule has 0 fully saturated rings. The van der Waals surface area contributed by atoms with Gasteiger partial charge in [-0.15, -0.1) is 0 Å². The molecule has 0 bridgehead atoms. The van der Waals surface area contributed by atoms with Crippen molar-refractivity contribution < 1.29 is 23.8 Å². The summed E-state index contributed by atoms with van der Waals surface area (Å²) in [6.07, 6.45) is -0.372. The quantitative estimate of drug-likeness (QED) is 0.892. The molecule has 0 aliphatic carbocycles. The molecule has 0 aromatic carbocycles. The van der Waals surface area contributed by atoms with Crippen LogP contribution < -0.4 is 5.32 Å². The van der Waals surface area contributed by atoms with Gasteiger partial charge in [0.15, 0.2) is 0 Å². The Kier molecular flexibility index (Phi) is 5.23. The summed E-state index contributed by atoms with van der Waals surface area (Å²) < 4.78 is 18.9. The van der Waals surface area contributed by atoms with Gasteiger partial charge in [-0.1, -0.05) is 6.92 Å². The van der Waals surface area contributed by atoms with Crippen molar-refractivity contribution in [2.24, 2.45) is 0 Å². The molecule has 0 radical (unpaired) electrons. The molecule has 2 N–H and O–H groups in total. The van der Waals surface area contributed by atoms with Crippen LogP contribution in [0.5, 0.6) is 0 Å². The Labute approximate surface area is 122 Å². The highest BCUT2D eigenvalue weighted by molar-refractivity contribution is 5.85. The molecule has 1 heterocycles. The molecule has 0 saturated carbocycles. The standard InChI is InChI=1S/C14H19FN2O4/c1-5-9(17-13(20)21-14(2,3)4)11-8(15)6-7-10(16-11)12(18)19/h6-7,9H,5H2,1-4H3,(H,17,20)(H,18,19). The first kappa shape index (κ1) is 16.9. The van der Waals surface area contributed by atoms with E-state index >= 15 is 0 Å².